The van der Waals surface area contributed by atoms with Crippen molar-refractivity contribution in [1.29, 1.82) is 0 Å². The Morgan fingerprint density at radius 1 is 1.13 bits per heavy atom. The average molecular weight is 409 g/mol. The number of morpholine rings is 1. The van der Waals surface area contributed by atoms with Crippen LogP contribution in [0.1, 0.15) is 6.42 Å². The highest BCUT2D eigenvalue weighted by Gasteiger charge is 2.25. The van der Waals surface area contributed by atoms with Gasteiger partial charge in [0.1, 0.15) is 12.1 Å². The molecule has 1 saturated heterocycles. The molecule has 2 aromatic carbocycles. The number of aromatic nitrogens is 2. The van der Waals surface area contributed by atoms with Crippen molar-refractivity contribution in [3.8, 4) is 11.6 Å². The Kier molecular flexibility index (Phi) is 6.31. The Morgan fingerprint density at radius 3 is 2.77 bits per heavy atom. The molecule has 3 aromatic rings. The minimum absolute atomic E-state index is 0.0815. The van der Waals surface area contributed by atoms with Gasteiger partial charge in [0.25, 0.3) is 0 Å². The highest BCUT2D eigenvalue weighted by atomic mass is 16.6. The summed E-state index contributed by atoms with van der Waals surface area (Å²) in [6.07, 6.45) is 2.11. The van der Waals surface area contributed by atoms with E-state index < -0.39 is 4.92 Å². The van der Waals surface area contributed by atoms with Crippen LogP contribution < -0.4 is 10.1 Å². The molecule has 30 heavy (non-hydrogen) atoms. The number of ether oxygens (including phenoxy) is 2. The molecule has 9 nitrogen and oxygen atoms in total. The van der Waals surface area contributed by atoms with Crippen LogP contribution in [0, 0.1) is 10.1 Å². The van der Waals surface area contributed by atoms with Crippen molar-refractivity contribution in [3.63, 3.8) is 0 Å². The van der Waals surface area contributed by atoms with Crippen LogP contribution in [-0.4, -0.2) is 59.2 Å². The predicted molar refractivity (Wildman–Crippen MR) is 113 cm³/mol. The van der Waals surface area contributed by atoms with Crippen LogP contribution in [-0.2, 0) is 4.74 Å². The zero-order valence-electron chi connectivity index (χ0n) is 16.5. The summed E-state index contributed by atoms with van der Waals surface area (Å²) in [6, 6.07) is 13.3. The van der Waals surface area contributed by atoms with Gasteiger partial charge in [-0.1, -0.05) is 36.4 Å². The molecule has 156 valence electrons. The molecule has 1 fully saturated rings. The van der Waals surface area contributed by atoms with Crippen molar-refractivity contribution in [1.82, 2.24) is 14.9 Å². The maximum absolute atomic E-state index is 11.8. The molecule has 0 atom stereocenters. The van der Waals surface area contributed by atoms with Crippen molar-refractivity contribution < 1.29 is 14.4 Å². The van der Waals surface area contributed by atoms with E-state index in [4.69, 9.17) is 9.47 Å². The summed E-state index contributed by atoms with van der Waals surface area (Å²) in [4.78, 5) is 21.7. The largest absolute Gasteiger partial charge is 0.433 e. The van der Waals surface area contributed by atoms with E-state index >= 15 is 0 Å². The van der Waals surface area contributed by atoms with Gasteiger partial charge in [0.15, 0.2) is 0 Å². The summed E-state index contributed by atoms with van der Waals surface area (Å²) in [7, 11) is 0. The highest BCUT2D eigenvalue weighted by molar-refractivity contribution is 5.88. The number of nitrogens with zero attached hydrogens (tertiary/aromatic N) is 4. The molecule has 0 radical (unpaired) electrons. The fourth-order valence-electron chi connectivity index (χ4n) is 3.45. The van der Waals surface area contributed by atoms with Gasteiger partial charge in [-0.05, 0) is 24.4 Å². The lowest BCUT2D eigenvalue weighted by Gasteiger charge is -2.26. The van der Waals surface area contributed by atoms with Crippen LogP contribution in [0.2, 0.25) is 0 Å². The summed E-state index contributed by atoms with van der Waals surface area (Å²) in [5.74, 6) is 0.586. The van der Waals surface area contributed by atoms with Gasteiger partial charge >= 0.3 is 11.6 Å². The Morgan fingerprint density at radius 2 is 1.93 bits per heavy atom. The van der Waals surface area contributed by atoms with E-state index in [-0.39, 0.29) is 17.4 Å². The third-order valence-corrected chi connectivity index (χ3v) is 4.97. The van der Waals surface area contributed by atoms with Crippen LogP contribution >= 0.6 is 0 Å². The fourth-order valence-corrected chi connectivity index (χ4v) is 3.45. The van der Waals surface area contributed by atoms with Crippen LogP contribution in [0.4, 0.5) is 11.5 Å². The summed E-state index contributed by atoms with van der Waals surface area (Å²) in [6.45, 7) is 4.78. The average Bonchev–Trinajstić information content (AvgIpc) is 2.77. The first-order chi connectivity index (χ1) is 14.7. The number of hydrogen-bond acceptors (Lipinski definition) is 8. The number of hydrogen-bond donors (Lipinski definition) is 1. The molecule has 1 N–H and O–H groups in total. The topological polar surface area (TPSA) is 103 Å². The lowest BCUT2D eigenvalue weighted by molar-refractivity contribution is -0.385. The van der Waals surface area contributed by atoms with Crippen LogP contribution in [0.15, 0.2) is 48.8 Å². The van der Waals surface area contributed by atoms with Gasteiger partial charge in [0.2, 0.25) is 5.82 Å². The lowest BCUT2D eigenvalue weighted by atomic mass is 10.1. The van der Waals surface area contributed by atoms with Gasteiger partial charge in [-0.25, -0.2) is 4.98 Å². The van der Waals surface area contributed by atoms with Gasteiger partial charge in [-0.3, -0.25) is 15.0 Å². The normalized spacial score (nSPS) is 14.5. The van der Waals surface area contributed by atoms with Crippen molar-refractivity contribution in [2.45, 2.75) is 6.42 Å². The smallest absolute Gasteiger partial charge is 0.373 e. The molecule has 0 unspecified atom stereocenters. The molecular weight excluding hydrogens is 386 g/mol. The fraction of sp³-hybridized carbons (Fsp3) is 0.333. The first-order valence-corrected chi connectivity index (χ1v) is 9.91. The standard InChI is InChI=1S/C21H23N5O4/c27-26(28)19-20(22-9-4-10-25-11-13-29-14-12-25)23-15-24-21(19)30-18-8-3-6-16-5-1-2-7-17(16)18/h1-3,5-8,15H,4,9-14H2,(H,22,23,24). The summed E-state index contributed by atoms with van der Waals surface area (Å²) in [5.41, 5.74) is -0.267. The van der Waals surface area contributed by atoms with Gasteiger partial charge in [0, 0.05) is 25.0 Å². The molecule has 0 saturated carbocycles. The molecule has 0 spiro atoms. The van der Waals surface area contributed by atoms with Crippen molar-refractivity contribution >= 4 is 22.3 Å². The third-order valence-electron chi connectivity index (χ3n) is 4.97. The number of rotatable bonds is 8. The number of benzene rings is 2. The predicted octanol–water partition coefficient (Wildman–Crippen LogP) is 3.46. The van der Waals surface area contributed by atoms with Crippen molar-refractivity contribution in [2.24, 2.45) is 0 Å². The van der Waals surface area contributed by atoms with E-state index in [2.05, 4.69) is 20.2 Å². The molecule has 9 heteroatoms. The lowest BCUT2D eigenvalue weighted by Crippen LogP contribution is -2.37. The zero-order valence-corrected chi connectivity index (χ0v) is 16.5. The van der Waals surface area contributed by atoms with Crippen molar-refractivity contribution in [3.05, 3.63) is 58.9 Å². The highest BCUT2D eigenvalue weighted by Crippen LogP contribution is 2.36. The first-order valence-electron chi connectivity index (χ1n) is 9.91. The molecule has 1 aliphatic heterocycles. The third kappa shape index (κ3) is 4.64. The van der Waals surface area contributed by atoms with Crippen molar-refractivity contribution in [2.75, 3.05) is 44.7 Å². The van der Waals surface area contributed by atoms with E-state index in [1.165, 1.54) is 6.33 Å². The molecule has 0 amide bonds. The number of nitro groups is 1. The minimum Gasteiger partial charge on any atom is -0.433 e. The Bertz CT molecular complexity index is 1020. The van der Waals surface area contributed by atoms with Gasteiger partial charge in [-0.2, -0.15) is 4.98 Å². The zero-order chi connectivity index (χ0) is 20.8. The maximum Gasteiger partial charge on any atom is 0.373 e. The SMILES string of the molecule is O=[N+]([O-])c1c(NCCCN2CCOCC2)ncnc1Oc1cccc2ccccc12. The van der Waals surface area contributed by atoms with E-state index in [1.54, 1.807) is 6.07 Å². The molecule has 4 rings (SSSR count). The molecule has 0 aliphatic carbocycles. The summed E-state index contributed by atoms with van der Waals surface area (Å²) in [5, 5.41) is 16.7. The number of nitrogens with one attached hydrogen (secondary N) is 1. The number of anilines is 1. The van der Waals surface area contributed by atoms with Crippen LogP contribution in [0.25, 0.3) is 10.8 Å². The summed E-state index contributed by atoms with van der Waals surface area (Å²) < 4.78 is 11.2. The second kappa shape index (κ2) is 9.47. The van der Waals surface area contributed by atoms with Gasteiger partial charge in [0.05, 0.1) is 18.1 Å². The first kappa shape index (κ1) is 20.0. The summed E-state index contributed by atoms with van der Waals surface area (Å²) >= 11 is 0. The van der Waals surface area contributed by atoms with E-state index in [9.17, 15) is 10.1 Å². The van der Waals surface area contributed by atoms with Crippen LogP contribution in [0.5, 0.6) is 11.6 Å². The van der Waals surface area contributed by atoms with E-state index in [1.807, 2.05) is 36.4 Å². The van der Waals surface area contributed by atoms with Gasteiger partial charge < -0.3 is 14.8 Å². The Hall–Kier alpha value is -3.30. The monoisotopic (exact) mass is 409 g/mol. The minimum atomic E-state index is -0.509. The van der Waals surface area contributed by atoms with Crippen LogP contribution in [0.3, 0.4) is 0 Å². The second-order valence-corrected chi connectivity index (χ2v) is 6.95. The maximum atomic E-state index is 11.8. The van der Waals surface area contributed by atoms with Gasteiger partial charge in [-0.15, -0.1) is 0 Å². The molecule has 0 bridgehead atoms. The molecule has 1 aliphatic rings. The molecule has 1 aromatic heterocycles. The Balaban J connectivity index is 1.49. The molecule has 2 heterocycles. The van der Waals surface area contributed by atoms with E-state index in [0.29, 0.717) is 12.3 Å². The second-order valence-electron chi connectivity index (χ2n) is 6.95. The number of fused-ring (bicyclic) bond motifs is 1. The van der Waals surface area contributed by atoms with E-state index in [0.717, 1.165) is 50.0 Å². The quantitative estimate of drug-likeness (QED) is 0.343. The Labute approximate surface area is 173 Å². The molecular formula is C21H23N5O4.